The minimum absolute atomic E-state index is 0.0627. The van der Waals surface area contributed by atoms with Gasteiger partial charge in [-0.25, -0.2) is 4.79 Å². The van der Waals surface area contributed by atoms with Crippen LogP contribution in [0.2, 0.25) is 0 Å². The fourth-order valence-electron chi connectivity index (χ4n) is 3.75. The zero-order valence-electron chi connectivity index (χ0n) is 15.4. The van der Waals surface area contributed by atoms with E-state index in [0.717, 1.165) is 4.90 Å². The van der Waals surface area contributed by atoms with Gasteiger partial charge in [0, 0.05) is 12.5 Å². The van der Waals surface area contributed by atoms with Crippen molar-refractivity contribution >= 4 is 12.0 Å². The van der Waals surface area contributed by atoms with Crippen molar-refractivity contribution in [1.82, 2.24) is 9.80 Å². The van der Waals surface area contributed by atoms with E-state index in [1.165, 1.54) is 4.90 Å². The molecule has 9 heteroatoms. The summed E-state index contributed by atoms with van der Waals surface area (Å²) in [6.07, 6.45) is -4.47. The molecule has 6 nitrogen and oxygen atoms in total. The molecule has 2 saturated heterocycles. The summed E-state index contributed by atoms with van der Waals surface area (Å²) in [5, 5.41) is 0. The van der Waals surface area contributed by atoms with Crippen LogP contribution in [0.1, 0.15) is 40.5 Å². The van der Waals surface area contributed by atoms with Crippen LogP contribution < -0.4 is 0 Å². The second kappa shape index (κ2) is 6.00. The van der Waals surface area contributed by atoms with Crippen LogP contribution in [-0.2, 0) is 14.3 Å². The molecule has 3 fully saturated rings. The number of hydrogen-bond donors (Lipinski definition) is 0. The molecule has 0 radical (unpaired) electrons. The molecule has 1 spiro atoms. The molecule has 26 heavy (non-hydrogen) atoms. The number of likely N-dealkylation sites (tertiary alicyclic amines) is 1. The molecule has 148 valence electrons. The van der Waals surface area contributed by atoms with Gasteiger partial charge in [-0.15, -0.1) is 0 Å². The molecule has 3 aliphatic rings. The second-order valence-electron chi connectivity index (χ2n) is 8.68. The number of alkyl halides is 3. The molecule has 0 bridgehead atoms. The van der Waals surface area contributed by atoms with E-state index in [1.54, 1.807) is 20.8 Å². The molecule has 0 aromatic rings. The van der Waals surface area contributed by atoms with Gasteiger partial charge in [0.2, 0.25) is 0 Å². The van der Waals surface area contributed by atoms with Crippen molar-refractivity contribution in [2.75, 3.05) is 19.7 Å². The maximum atomic E-state index is 13.0. The Balaban J connectivity index is 1.61. The third kappa shape index (κ3) is 3.77. The molecule has 3 rings (SSSR count). The smallest absolute Gasteiger partial charge is 0.444 e. The lowest BCUT2D eigenvalue weighted by atomic mass is 9.89. The molecular weight excluding hydrogens is 353 g/mol. The van der Waals surface area contributed by atoms with Crippen molar-refractivity contribution < 1.29 is 32.2 Å². The Hall–Kier alpha value is -1.51. The fraction of sp³-hybridized carbons (Fsp3) is 0.882. The summed E-state index contributed by atoms with van der Waals surface area (Å²) in [7, 11) is 0. The molecule has 2 amide bonds. The van der Waals surface area contributed by atoms with Gasteiger partial charge in [-0.2, -0.15) is 13.2 Å². The Morgan fingerprint density at radius 1 is 1.23 bits per heavy atom. The van der Waals surface area contributed by atoms with Crippen LogP contribution in [0.5, 0.6) is 0 Å². The number of carbonyl (C=O) groups excluding carboxylic acids is 2. The number of nitrogens with zero attached hydrogens (tertiary/aromatic N) is 2. The number of amides is 2. The molecule has 1 unspecified atom stereocenters. The topological polar surface area (TPSA) is 59.1 Å². The summed E-state index contributed by atoms with van der Waals surface area (Å²) in [5.41, 5.74) is -1.29. The fourth-order valence-corrected chi connectivity index (χ4v) is 3.75. The molecule has 3 atom stereocenters. The predicted molar refractivity (Wildman–Crippen MR) is 85.4 cm³/mol. The van der Waals surface area contributed by atoms with Crippen molar-refractivity contribution in [3.8, 4) is 0 Å². The maximum Gasteiger partial charge on any atom is 0.471 e. The Kier molecular flexibility index (Phi) is 4.45. The highest BCUT2D eigenvalue weighted by atomic mass is 19.4. The Morgan fingerprint density at radius 3 is 2.27 bits per heavy atom. The average Bonchev–Trinajstić information content (AvgIpc) is 2.96. The summed E-state index contributed by atoms with van der Waals surface area (Å²) >= 11 is 0. The summed E-state index contributed by atoms with van der Waals surface area (Å²) in [6.45, 7) is 7.73. The highest BCUT2D eigenvalue weighted by Crippen LogP contribution is 2.44. The third-order valence-corrected chi connectivity index (χ3v) is 5.09. The molecule has 1 saturated carbocycles. The largest absolute Gasteiger partial charge is 0.471 e. The maximum absolute atomic E-state index is 13.0. The lowest BCUT2D eigenvalue weighted by Gasteiger charge is -2.47. The van der Waals surface area contributed by atoms with Crippen LogP contribution in [-0.4, -0.2) is 71.0 Å². The predicted octanol–water partition coefficient (Wildman–Crippen LogP) is 2.56. The van der Waals surface area contributed by atoms with Gasteiger partial charge in [0.15, 0.2) is 0 Å². The number of rotatable bonds is 2. The summed E-state index contributed by atoms with van der Waals surface area (Å²) < 4.78 is 50.0. The minimum atomic E-state index is -4.89. The van der Waals surface area contributed by atoms with Crippen LogP contribution in [0.25, 0.3) is 0 Å². The van der Waals surface area contributed by atoms with Gasteiger partial charge < -0.3 is 19.3 Å². The first-order valence-electron chi connectivity index (χ1n) is 8.83. The zero-order chi connectivity index (χ0) is 19.5. The first-order valence-corrected chi connectivity index (χ1v) is 8.83. The Labute approximate surface area is 150 Å². The van der Waals surface area contributed by atoms with Crippen molar-refractivity contribution in [3.63, 3.8) is 0 Å². The van der Waals surface area contributed by atoms with Gasteiger partial charge in [-0.3, -0.25) is 4.79 Å². The van der Waals surface area contributed by atoms with Gasteiger partial charge in [0.05, 0.1) is 25.7 Å². The summed E-state index contributed by atoms with van der Waals surface area (Å²) in [5.74, 6) is -1.72. The zero-order valence-corrected chi connectivity index (χ0v) is 15.4. The van der Waals surface area contributed by atoms with Gasteiger partial charge in [0.1, 0.15) is 11.2 Å². The van der Waals surface area contributed by atoms with Crippen LogP contribution >= 0.6 is 0 Å². The summed E-state index contributed by atoms with van der Waals surface area (Å²) in [4.78, 5) is 26.4. The van der Waals surface area contributed by atoms with Crippen molar-refractivity contribution in [1.29, 1.82) is 0 Å². The van der Waals surface area contributed by atoms with E-state index >= 15 is 0 Å². The third-order valence-electron chi connectivity index (χ3n) is 5.09. The first-order chi connectivity index (χ1) is 11.8. The normalized spacial score (nSPS) is 30.1. The Bertz CT molecular complexity index is 596. The standard InChI is InChI=1S/C17H25F3N2O4/c1-10-5-12(10)22(13(23)17(18,19)20)11-6-16(25-7-11)8-21(9-16)14(24)26-15(2,3)4/h10-12H,5-9H2,1-4H3/t10-,11?,12-/m1/s1. The SMILES string of the molecule is C[C@@H]1C[C@H]1N(C(=O)C(F)(F)F)C1COC2(C1)CN(C(=O)OC(C)(C)C)C2. The van der Waals surface area contributed by atoms with Gasteiger partial charge in [-0.1, -0.05) is 6.92 Å². The van der Waals surface area contributed by atoms with Gasteiger partial charge >= 0.3 is 18.2 Å². The van der Waals surface area contributed by atoms with Crippen molar-refractivity contribution in [2.24, 2.45) is 5.92 Å². The molecule has 2 heterocycles. The molecule has 2 aliphatic heterocycles. The van der Waals surface area contributed by atoms with E-state index in [1.807, 2.05) is 6.92 Å². The molecule has 0 aromatic heterocycles. The van der Waals surface area contributed by atoms with Gasteiger partial charge in [-0.05, 0) is 33.1 Å². The molecule has 0 N–H and O–H groups in total. The first kappa shape index (κ1) is 19.3. The van der Waals surface area contributed by atoms with Crippen LogP contribution in [0.15, 0.2) is 0 Å². The van der Waals surface area contributed by atoms with E-state index in [2.05, 4.69) is 0 Å². The number of ether oxygens (including phenoxy) is 2. The quantitative estimate of drug-likeness (QED) is 0.741. The molecule has 1 aliphatic carbocycles. The van der Waals surface area contributed by atoms with Crippen LogP contribution in [0.4, 0.5) is 18.0 Å². The lowest BCUT2D eigenvalue weighted by molar-refractivity contribution is -0.188. The average molecular weight is 378 g/mol. The van der Waals surface area contributed by atoms with E-state index < -0.39 is 35.4 Å². The van der Waals surface area contributed by atoms with E-state index in [-0.39, 0.29) is 31.7 Å². The van der Waals surface area contributed by atoms with Crippen LogP contribution in [0.3, 0.4) is 0 Å². The monoisotopic (exact) mass is 378 g/mol. The number of carbonyl (C=O) groups is 2. The highest BCUT2D eigenvalue weighted by Gasteiger charge is 2.58. The number of halogens is 3. The van der Waals surface area contributed by atoms with Crippen molar-refractivity contribution in [2.45, 2.75) is 70.0 Å². The van der Waals surface area contributed by atoms with Crippen LogP contribution in [0, 0.1) is 5.92 Å². The van der Waals surface area contributed by atoms with E-state index in [9.17, 15) is 22.8 Å². The summed E-state index contributed by atoms with van der Waals surface area (Å²) in [6, 6.07) is -0.991. The highest BCUT2D eigenvalue weighted by molar-refractivity contribution is 5.83. The van der Waals surface area contributed by atoms with E-state index in [4.69, 9.17) is 9.47 Å². The lowest BCUT2D eigenvalue weighted by Crippen LogP contribution is -2.64. The van der Waals surface area contributed by atoms with Gasteiger partial charge in [0.25, 0.3) is 0 Å². The molecular formula is C17H25F3N2O4. The molecule has 0 aromatic carbocycles. The number of hydrogen-bond acceptors (Lipinski definition) is 4. The minimum Gasteiger partial charge on any atom is -0.444 e. The van der Waals surface area contributed by atoms with E-state index in [0.29, 0.717) is 12.8 Å². The second-order valence-corrected chi connectivity index (χ2v) is 8.68. The van der Waals surface area contributed by atoms with Crippen molar-refractivity contribution in [3.05, 3.63) is 0 Å². The Morgan fingerprint density at radius 2 is 1.81 bits per heavy atom.